The summed E-state index contributed by atoms with van der Waals surface area (Å²) in [6.45, 7) is 3.60. The number of halogens is 4. The first-order valence-corrected chi connectivity index (χ1v) is 8.04. The van der Waals surface area contributed by atoms with E-state index in [9.17, 15) is 22.8 Å². The molecule has 2 amide bonds. The zero-order chi connectivity index (χ0) is 19.5. The molecule has 8 heteroatoms. The summed E-state index contributed by atoms with van der Waals surface area (Å²) in [7, 11) is 0. The first kappa shape index (κ1) is 19.8. The molecular formula is C18H16ClF3N2O2. The summed E-state index contributed by atoms with van der Waals surface area (Å²) in [4.78, 5) is 24.3. The zero-order valence-corrected chi connectivity index (χ0v) is 14.7. The topological polar surface area (TPSA) is 58.2 Å². The Kier molecular flexibility index (Phi) is 5.92. The van der Waals surface area contributed by atoms with Crippen LogP contribution in [0.5, 0.6) is 0 Å². The van der Waals surface area contributed by atoms with Gasteiger partial charge in [0.1, 0.15) is 0 Å². The van der Waals surface area contributed by atoms with Crippen LogP contribution in [0.1, 0.15) is 40.1 Å². The fourth-order valence-electron chi connectivity index (χ4n) is 2.17. The van der Waals surface area contributed by atoms with Crippen molar-refractivity contribution in [1.29, 1.82) is 0 Å². The van der Waals surface area contributed by atoms with Gasteiger partial charge in [-0.3, -0.25) is 9.59 Å². The maximum Gasteiger partial charge on any atom is 0.417 e. The van der Waals surface area contributed by atoms with Gasteiger partial charge < -0.3 is 10.6 Å². The van der Waals surface area contributed by atoms with Crippen LogP contribution in [0.25, 0.3) is 0 Å². The van der Waals surface area contributed by atoms with E-state index in [0.717, 1.165) is 12.1 Å². The van der Waals surface area contributed by atoms with Gasteiger partial charge in [-0.25, -0.2) is 0 Å². The monoisotopic (exact) mass is 384 g/mol. The molecule has 0 atom stereocenters. The Hall–Kier alpha value is -2.54. The number of rotatable bonds is 4. The van der Waals surface area contributed by atoms with Crippen LogP contribution in [0.2, 0.25) is 5.02 Å². The van der Waals surface area contributed by atoms with Gasteiger partial charge in [-0.1, -0.05) is 17.7 Å². The third-order valence-corrected chi connectivity index (χ3v) is 3.67. The Morgan fingerprint density at radius 3 is 2.19 bits per heavy atom. The lowest BCUT2D eigenvalue weighted by molar-refractivity contribution is -0.137. The summed E-state index contributed by atoms with van der Waals surface area (Å²) in [6, 6.07) is 8.91. The van der Waals surface area contributed by atoms with E-state index >= 15 is 0 Å². The van der Waals surface area contributed by atoms with Crippen LogP contribution >= 0.6 is 11.6 Å². The van der Waals surface area contributed by atoms with Crippen LogP contribution in [0, 0.1) is 0 Å². The van der Waals surface area contributed by atoms with Crippen LogP contribution in [0.3, 0.4) is 0 Å². The average molecular weight is 385 g/mol. The molecule has 0 unspecified atom stereocenters. The summed E-state index contributed by atoms with van der Waals surface area (Å²) < 4.78 is 38.7. The minimum atomic E-state index is -4.63. The molecule has 0 aliphatic carbocycles. The first-order chi connectivity index (χ1) is 12.1. The second-order valence-corrected chi connectivity index (χ2v) is 6.26. The molecule has 0 bridgehead atoms. The van der Waals surface area contributed by atoms with E-state index in [1.807, 2.05) is 0 Å². The Labute approximate surface area is 153 Å². The third-order valence-electron chi connectivity index (χ3n) is 3.34. The van der Waals surface area contributed by atoms with Crippen LogP contribution in [0.15, 0.2) is 42.5 Å². The fraction of sp³-hybridized carbons (Fsp3) is 0.222. The van der Waals surface area contributed by atoms with Crippen LogP contribution in [0.4, 0.5) is 18.9 Å². The molecule has 138 valence electrons. The molecule has 2 aromatic rings. The molecule has 2 aromatic carbocycles. The van der Waals surface area contributed by atoms with Crippen molar-refractivity contribution in [3.8, 4) is 0 Å². The maximum absolute atomic E-state index is 12.9. The van der Waals surface area contributed by atoms with Gasteiger partial charge in [-0.15, -0.1) is 0 Å². The van der Waals surface area contributed by atoms with Gasteiger partial charge in [0.2, 0.25) is 0 Å². The minimum absolute atomic E-state index is 0.0521. The smallest absolute Gasteiger partial charge is 0.350 e. The molecular weight excluding hydrogens is 369 g/mol. The van der Waals surface area contributed by atoms with Crippen LogP contribution in [-0.4, -0.2) is 17.9 Å². The maximum atomic E-state index is 12.9. The van der Waals surface area contributed by atoms with Crippen LogP contribution < -0.4 is 10.6 Å². The van der Waals surface area contributed by atoms with Crippen molar-refractivity contribution >= 4 is 29.1 Å². The second kappa shape index (κ2) is 7.78. The number of hydrogen-bond donors (Lipinski definition) is 2. The summed E-state index contributed by atoms with van der Waals surface area (Å²) in [5, 5.41) is 4.61. The van der Waals surface area contributed by atoms with Gasteiger partial charge in [0, 0.05) is 22.9 Å². The zero-order valence-electron chi connectivity index (χ0n) is 13.9. The molecule has 0 radical (unpaired) electrons. The summed E-state index contributed by atoms with van der Waals surface area (Å²) >= 11 is 5.55. The lowest BCUT2D eigenvalue weighted by Crippen LogP contribution is -2.30. The number of nitrogens with one attached hydrogen (secondary N) is 2. The molecule has 2 N–H and O–H groups in total. The molecule has 0 saturated heterocycles. The van der Waals surface area contributed by atoms with Crippen molar-refractivity contribution in [3.63, 3.8) is 0 Å². The van der Waals surface area contributed by atoms with Crippen molar-refractivity contribution in [2.45, 2.75) is 26.1 Å². The van der Waals surface area contributed by atoms with Crippen molar-refractivity contribution in [3.05, 3.63) is 64.2 Å². The molecule has 0 heterocycles. The quantitative estimate of drug-likeness (QED) is 0.799. The Morgan fingerprint density at radius 1 is 1.00 bits per heavy atom. The van der Waals surface area contributed by atoms with Gasteiger partial charge in [-0.2, -0.15) is 13.2 Å². The largest absolute Gasteiger partial charge is 0.417 e. The van der Waals surface area contributed by atoms with Gasteiger partial charge in [0.25, 0.3) is 11.8 Å². The molecule has 0 spiro atoms. The molecule has 4 nitrogen and oxygen atoms in total. The number of hydrogen-bond acceptors (Lipinski definition) is 2. The molecule has 2 rings (SSSR count). The molecule has 26 heavy (non-hydrogen) atoms. The average Bonchev–Trinajstić information content (AvgIpc) is 2.55. The van der Waals surface area contributed by atoms with E-state index in [1.165, 1.54) is 24.3 Å². The highest BCUT2D eigenvalue weighted by molar-refractivity contribution is 6.31. The Bertz CT molecular complexity index is 835. The highest BCUT2D eigenvalue weighted by Gasteiger charge is 2.33. The predicted molar refractivity (Wildman–Crippen MR) is 93.5 cm³/mol. The second-order valence-electron chi connectivity index (χ2n) is 5.86. The lowest BCUT2D eigenvalue weighted by Gasteiger charge is -2.12. The number of carbonyl (C=O) groups excluding carboxylic acids is 2. The number of amides is 2. The first-order valence-electron chi connectivity index (χ1n) is 7.67. The highest BCUT2D eigenvalue weighted by Crippen LogP contribution is 2.36. The SMILES string of the molecule is CC(C)NC(=O)c1cccc(C(=O)Nc2ccc(Cl)c(C(F)(F)F)c2)c1. The van der Waals surface area contributed by atoms with E-state index in [2.05, 4.69) is 10.6 Å². The number of benzene rings is 2. The van der Waals surface area contributed by atoms with Crippen molar-refractivity contribution in [1.82, 2.24) is 5.32 Å². The molecule has 0 aliphatic heterocycles. The minimum Gasteiger partial charge on any atom is -0.350 e. The van der Waals surface area contributed by atoms with Gasteiger partial charge in [-0.05, 0) is 50.2 Å². The molecule has 0 fully saturated rings. The van der Waals surface area contributed by atoms with E-state index in [-0.39, 0.29) is 28.8 Å². The molecule has 0 aromatic heterocycles. The number of anilines is 1. The summed E-state index contributed by atoms with van der Waals surface area (Å²) in [5.41, 5.74) is -0.672. The lowest BCUT2D eigenvalue weighted by atomic mass is 10.1. The van der Waals surface area contributed by atoms with Gasteiger partial charge in [0.05, 0.1) is 10.6 Å². The third kappa shape index (κ3) is 4.98. The van der Waals surface area contributed by atoms with E-state index in [1.54, 1.807) is 19.9 Å². The Balaban J connectivity index is 2.22. The van der Waals surface area contributed by atoms with Gasteiger partial charge in [0.15, 0.2) is 0 Å². The van der Waals surface area contributed by atoms with Crippen molar-refractivity contribution < 1.29 is 22.8 Å². The normalized spacial score (nSPS) is 11.3. The molecule has 0 aliphatic rings. The van der Waals surface area contributed by atoms with E-state index < -0.39 is 22.7 Å². The van der Waals surface area contributed by atoms with Crippen LogP contribution in [-0.2, 0) is 6.18 Å². The highest BCUT2D eigenvalue weighted by atomic mass is 35.5. The predicted octanol–water partition coefficient (Wildman–Crippen LogP) is 4.75. The van der Waals surface area contributed by atoms with Crippen molar-refractivity contribution in [2.24, 2.45) is 0 Å². The summed E-state index contributed by atoms with van der Waals surface area (Å²) in [6.07, 6.45) is -4.63. The fourth-order valence-corrected chi connectivity index (χ4v) is 2.40. The summed E-state index contributed by atoms with van der Waals surface area (Å²) in [5.74, 6) is -0.986. The van der Waals surface area contributed by atoms with E-state index in [0.29, 0.717) is 0 Å². The van der Waals surface area contributed by atoms with Gasteiger partial charge >= 0.3 is 6.18 Å². The molecule has 0 saturated carbocycles. The standard InChI is InChI=1S/C18H16ClF3N2O2/c1-10(2)23-16(25)11-4-3-5-12(8-11)17(26)24-13-6-7-15(19)14(9-13)18(20,21)22/h3-10H,1-2H3,(H,23,25)(H,24,26). The number of carbonyl (C=O) groups is 2. The van der Waals surface area contributed by atoms with E-state index in [4.69, 9.17) is 11.6 Å². The number of alkyl halides is 3. The Morgan fingerprint density at radius 2 is 1.62 bits per heavy atom. The van der Waals surface area contributed by atoms with Crippen molar-refractivity contribution in [2.75, 3.05) is 5.32 Å².